The quantitative estimate of drug-likeness (QED) is 0.697. The molecule has 5 heteroatoms. The van der Waals surface area contributed by atoms with Gasteiger partial charge in [-0.25, -0.2) is 4.98 Å². The van der Waals surface area contributed by atoms with Gasteiger partial charge >= 0.3 is 0 Å². The van der Waals surface area contributed by atoms with Crippen molar-refractivity contribution in [2.45, 2.75) is 38.8 Å². The molecule has 0 atom stereocenters. The van der Waals surface area contributed by atoms with Crippen molar-refractivity contribution in [2.75, 3.05) is 6.54 Å². The van der Waals surface area contributed by atoms with Crippen LogP contribution in [-0.2, 0) is 13.1 Å². The number of nitrogens with zero attached hydrogens (tertiary/aromatic N) is 3. The SMILES string of the molecule is CCN(Cc1ccc(-c2nc(C3CC3)cc(=O)[nH]2)cc1)Cc1cccnc1. The highest BCUT2D eigenvalue weighted by atomic mass is 16.1. The summed E-state index contributed by atoms with van der Waals surface area (Å²) < 4.78 is 0. The molecular formula is C22H24N4O. The van der Waals surface area contributed by atoms with Crippen molar-refractivity contribution in [2.24, 2.45) is 0 Å². The van der Waals surface area contributed by atoms with E-state index < -0.39 is 0 Å². The Morgan fingerprint density at radius 3 is 2.56 bits per heavy atom. The second-order valence-corrected chi connectivity index (χ2v) is 7.15. The van der Waals surface area contributed by atoms with Crippen LogP contribution in [-0.4, -0.2) is 26.4 Å². The third kappa shape index (κ3) is 4.49. The normalized spacial score (nSPS) is 13.9. The van der Waals surface area contributed by atoms with Gasteiger partial charge in [-0.2, -0.15) is 0 Å². The fraction of sp³-hybridized carbons (Fsp3) is 0.318. The highest BCUT2D eigenvalue weighted by Gasteiger charge is 2.25. The van der Waals surface area contributed by atoms with Gasteiger partial charge in [-0.05, 0) is 36.6 Å². The maximum atomic E-state index is 11.9. The summed E-state index contributed by atoms with van der Waals surface area (Å²) in [5, 5.41) is 0. The third-order valence-electron chi connectivity index (χ3n) is 4.97. The maximum Gasteiger partial charge on any atom is 0.251 e. The molecule has 27 heavy (non-hydrogen) atoms. The zero-order valence-electron chi connectivity index (χ0n) is 15.6. The van der Waals surface area contributed by atoms with Crippen LogP contribution in [0.1, 0.15) is 42.5 Å². The molecule has 5 nitrogen and oxygen atoms in total. The predicted octanol–water partition coefficient (Wildman–Crippen LogP) is 3.73. The van der Waals surface area contributed by atoms with E-state index in [4.69, 9.17) is 0 Å². The molecule has 1 aromatic carbocycles. The van der Waals surface area contributed by atoms with Gasteiger partial charge in [0, 0.05) is 43.0 Å². The summed E-state index contributed by atoms with van der Waals surface area (Å²) in [6.45, 7) is 4.89. The Balaban J connectivity index is 1.48. The molecule has 3 aromatic rings. The molecule has 0 amide bonds. The third-order valence-corrected chi connectivity index (χ3v) is 4.97. The van der Waals surface area contributed by atoms with Gasteiger partial charge in [0.2, 0.25) is 0 Å². The molecular weight excluding hydrogens is 336 g/mol. The summed E-state index contributed by atoms with van der Waals surface area (Å²) in [4.78, 5) is 26.0. The van der Waals surface area contributed by atoms with E-state index >= 15 is 0 Å². The van der Waals surface area contributed by atoms with E-state index in [1.54, 1.807) is 12.3 Å². The molecule has 1 fully saturated rings. The fourth-order valence-electron chi connectivity index (χ4n) is 3.26. The van der Waals surface area contributed by atoms with Gasteiger partial charge in [0.25, 0.3) is 5.56 Å². The van der Waals surface area contributed by atoms with E-state index in [0.717, 1.165) is 43.7 Å². The number of aromatic nitrogens is 3. The standard InChI is InChI=1S/C22H24N4O/c1-2-26(15-17-4-3-11-23-13-17)14-16-5-7-19(8-6-16)22-24-20(18-9-10-18)12-21(27)25-22/h3-8,11-13,18H,2,9-10,14-15H2,1H3,(H,24,25,27). The Hall–Kier alpha value is -2.79. The topological polar surface area (TPSA) is 61.9 Å². The average Bonchev–Trinajstić information content (AvgIpc) is 3.54. The van der Waals surface area contributed by atoms with Crippen molar-refractivity contribution < 1.29 is 0 Å². The Kier molecular flexibility index (Phi) is 5.12. The Morgan fingerprint density at radius 2 is 1.89 bits per heavy atom. The van der Waals surface area contributed by atoms with Gasteiger partial charge in [0.05, 0.1) is 5.69 Å². The lowest BCUT2D eigenvalue weighted by atomic mass is 10.1. The van der Waals surface area contributed by atoms with Crippen LogP contribution in [0.4, 0.5) is 0 Å². The number of H-pyrrole nitrogens is 1. The van der Waals surface area contributed by atoms with Crippen molar-refractivity contribution in [3.05, 3.63) is 82.0 Å². The van der Waals surface area contributed by atoms with Gasteiger partial charge in [0.15, 0.2) is 0 Å². The zero-order valence-corrected chi connectivity index (χ0v) is 15.6. The predicted molar refractivity (Wildman–Crippen MR) is 106 cm³/mol. The molecule has 1 aliphatic rings. The molecule has 0 saturated heterocycles. The number of hydrogen-bond acceptors (Lipinski definition) is 4. The van der Waals surface area contributed by atoms with Crippen LogP contribution in [0.25, 0.3) is 11.4 Å². The zero-order chi connectivity index (χ0) is 18.6. The van der Waals surface area contributed by atoms with E-state index in [1.807, 2.05) is 24.4 Å². The van der Waals surface area contributed by atoms with Crippen LogP contribution >= 0.6 is 0 Å². The van der Waals surface area contributed by atoms with Crippen LogP contribution in [0.15, 0.2) is 59.7 Å². The summed E-state index contributed by atoms with van der Waals surface area (Å²) in [6, 6.07) is 14.0. The highest BCUT2D eigenvalue weighted by molar-refractivity contribution is 5.55. The second-order valence-electron chi connectivity index (χ2n) is 7.15. The van der Waals surface area contributed by atoms with Crippen molar-refractivity contribution in [3.63, 3.8) is 0 Å². The van der Waals surface area contributed by atoms with Gasteiger partial charge in [0.1, 0.15) is 5.82 Å². The molecule has 1 aliphatic carbocycles. The molecule has 4 rings (SSSR count). The molecule has 2 heterocycles. The van der Waals surface area contributed by atoms with Crippen molar-refractivity contribution in [1.29, 1.82) is 0 Å². The molecule has 1 N–H and O–H groups in total. The fourth-order valence-corrected chi connectivity index (χ4v) is 3.26. The number of benzene rings is 1. The monoisotopic (exact) mass is 360 g/mol. The summed E-state index contributed by atoms with van der Waals surface area (Å²) in [5.74, 6) is 1.13. The minimum Gasteiger partial charge on any atom is -0.307 e. The van der Waals surface area contributed by atoms with Gasteiger partial charge in [-0.1, -0.05) is 37.3 Å². The van der Waals surface area contributed by atoms with Crippen LogP contribution in [0, 0.1) is 0 Å². The van der Waals surface area contributed by atoms with E-state index in [9.17, 15) is 4.79 Å². The lowest BCUT2D eigenvalue weighted by molar-refractivity contribution is 0.271. The van der Waals surface area contributed by atoms with Crippen LogP contribution < -0.4 is 5.56 Å². The smallest absolute Gasteiger partial charge is 0.251 e. The Bertz CT molecular complexity index is 946. The maximum absolute atomic E-state index is 11.9. The second kappa shape index (κ2) is 7.84. The molecule has 2 aromatic heterocycles. The van der Waals surface area contributed by atoms with E-state index in [0.29, 0.717) is 11.7 Å². The number of nitrogens with one attached hydrogen (secondary N) is 1. The largest absolute Gasteiger partial charge is 0.307 e. The van der Waals surface area contributed by atoms with Gasteiger partial charge in [-0.15, -0.1) is 0 Å². The average molecular weight is 360 g/mol. The van der Waals surface area contributed by atoms with Crippen LogP contribution in [0.5, 0.6) is 0 Å². The van der Waals surface area contributed by atoms with E-state index in [1.165, 1.54) is 11.1 Å². The summed E-state index contributed by atoms with van der Waals surface area (Å²) in [6.07, 6.45) is 5.99. The molecule has 0 aliphatic heterocycles. The van der Waals surface area contributed by atoms with Crippen molar-refractivity contribution in [1.82, 2.24) is 19.9 Å². The lowest BCUT2D eigenvalue weighted by Crippen LogP contribution is -2.22. The first-order valence-electron chi connectivity index (χ1n) is 9.53. The van der Waals surface area contributed by atoms with Crippen molar-refractivity contribution in [3.8, 4) is 11.4 Å². The number of pyridine rings is 1. The molecule has 1 saturated carbocycles. The van der Waals surface area contributed by atoms with Gasteiger partial charge < -0.3 is 4.98 Å². The summed E-state index contributed by atoms with van der Waals surface area (Å²) in [7, 11) is 0. The number of hydrogen-bond donors (Lipinski definition) is 1. The molecule has 0 unspecified atom stereocenters. The highest BCUT2D eigenvalue weighted by Crippen LogP contribution is 2.38. The van der Waals surface area contributed by atoms with Gasteiger partial charge in [-0.3, -0.25) is 14.7 Å². The number of aromatic amines is 1. The first-order valence-corrected chi connectivity index (χ1v) is 9.53. The number of rotatable bonds is 7. The van der Waals surface area contributed by atoms with Crippen LogP contribution in [0.3, 0.4) is 0 Å². The Morgan fingerprint density at radius 1 is 1.11 bits per heavy atom. The Labute approximate surface area is 159 Å². The van der Waals surface area contributed by atoms with Crippen molar-refractivity contribution >= 4 is 0 Å². The summed E-state index contributed by atoms with van der Waals surface area (Å²) >= 11 is 0. The van der Waals surface area contributed by atoms with Crippen LogP contribution in [0.2, 0.25) is 0 Å². The minimum atomic E-state index is -0.0698. The lowest BCUT2D eigenvalue weighted by Gasteiger charge is -2.20. The summed E-state index contributed by atoms with van der Waals surface area (Å²) in [5.41, 5.74) is 4.26. The first-order chi connectivity index (χ1) is 13.2. The molecule has 0 bridgehead atoms. The molecule has 0 radical (unpaired) electrons. The minimum absolute atomic E-state index is 0.0698. The first kappa shape index (κ1) is 17.6. The molecule has 0 spiro atoms. The van der Waals surface area contributed by atoms with E-state index in [-0.39, 0.29) is 5.56 Å². The van der Waals surface area contributed by atoms with E-state index in [2.05, 4.69) is 45.0 Å². The molecule has 138 valence electrons.